The summed E-state index contributed by atoms with van der Waals surface area (Å²) in [4.78, 5) is 16.5. The number of likely N-dealkylation sites (tertiary alicyclic amines) is 2. The van der Waals surface area contributed by atoms with Crippen molar-refractivity contribution in [3.8, 4) is 5.75 Å². The van der Waals surface area contributed by atoms with E-state index in [-0.39, 0.29) is 11.0 Å². The first-order valence-corrected chi connectivity index (χ1v) is 13.8. The zero-order chi connectivity index (χ0) is 24.3. The largest absolute Gasteiger partial charge is 0.490 e. The number of urea groups is 1. The number of nitrogens with zero attached hydrogens (tertiary/aromatic N) is 2. The van der Waals surface area contributed by atoms with Gasteiger partial charge in [-0.05, 0) is 56.0 Å². The molecular formula is C23H26Cl3N3O4S. The summed E-state index contributed by atoms with van der Waals surface area (Å²) in [5, 5.41) is 1.28. The second kappa shape index (κ2) is 10.9. The second-order valence-corrected chi connectivity index (χ2v) is 11.4. The van der Waals surface area contributed by atoms with E-state index in [2.05, 4.69) is 9.62 Å². The number of ether oxygens (including phenoxy) is 1. The molecule has 11 heteroatoms. The Bertz CT molecular complexity index is 1130. The van der Waals surface area contributed by atoms with Crippen LogP contribution in [0.4, 0.5) is 4.79 Å². The molecular weight excluding hydrogens is 521 g/mol. The molecule has 0 saturated carbocycles. The number of rotatable bonds is 5. The standard InChI is InChI=1S/C23H26Cl3N3O4S/c24-16-2-1-3-20(14-16)34(31,32)27-23(30)29-10-6-17(7-11-29)28-12-8-18(9-13-28)33-19-4-5-21(25)22(26)15-19/h1-5,14-15,17-18H,6-13H2,(H,27,30). The summed E-state index contributed by atoms with van der Waals surface area (Å²) in [6.45, 7) is 2.82. The van der Waals surface area contributed by atoms with E-state index in [0.29, 0.717) is 34.2 Å². The van der Waals surface area contributed by atoms with Crippen LogP contribution >= 0.6 is 34.8 Å². The third-order valence-corrected chi connectivity index (χ3v) is 8.56. The van der Waals surface area contributed by atoms with Gasteiger partial charge in [0, 0.05) is 43.3 Å². The number of piperidine rings is 2. The van der Waals surface area contributed by atoms with Gasteiger partial charge in [-0.2, -0.15) is 0 Å². The molecule has 2 aromatic carbocycles. The van der Waals surface area contributed by atoms with E-state index in [1.807, 2.05) is 6.07 Å². The van der Waals surface area contributed by atoms with Crippen LogP contribution in [-0.2, 0) is 10.0 Å². The first kappa shape index (κ1) is 25.4. The lowest BCUT2D eigenvalue weighted by Gasteiger charge is -2.41. The van der Waals surface area contributed by atoms with Crippen LogP contribution in [0.2, 0.25) is 15.1 Å². The van der Waals surface area contributed by atoms with Crippen molar-refractivity contribution in [2.45, 2.75) is 42.7 Å². The Balaban J connectivity index is 1.23. The van der Waals surface area contributed by atoms with Crippen molar-refractivity contribution in [3.63, 3.8) is 0 Å². The molecule has 2 aromatic rings. The maximum absolute atomic E-state index is 12.6. The molecule has 0 bridgehead atoms. The van der Waals surface area contributed by atoms with Crippen LogP contribution in [0.25, 0.3) is 0 Å². The van der Waals surface area contributed by atoms with Gasteiger partial charge < -0.3 is 9.64 Å². The molecule has 2 saturated heterocycles. The van der Waals surface area contributed by atoms with Crippen LogP contribution in [0, 0.1) is 0 Å². The summed E-state index contributed by atoms with van der Waals surface area (Å²) in [6.07, 6.45) is 3.51. The first-order valence-electron chi connectivity index (χ1n) is 11.1. The zero-order valence-electron chi connectivity index (χ0n) is 18.4. The van der Waals surface area contributed by atoms with Gasteiger partial charge in [-0.3, -0.25) is 4.90 Å². The monoisotopic (exact) mass is 545 g/mol. The molecule has 0 unspecified atom stereocenters. The normalized spacial score (nSPS) is 18.6. The predicted octanol–water partition coefficient (Wildman–Crippen LogP) is 5.05. The lowest BCUT2D eigenvalue weighted by atomic mass is 9.99. The van der Waals surface area contributed by atoms with E-state index in [1.165, 1.54) is 18.2 Å². The van der Waals surface area contributed by atoms with Gasteiger partial charge in [0.2, 0.25) is 0 Å². The Morgan fingerprint density at radius 3 is 2.26 bits per heavy atom. The molecule has 2 aliphatic rings. The van der Waals surface area contributed by atoms with E-state index in [1.54, 1.807) is 23.1 Å². The quantitative estimate of drug-likeness (QED) is 0.568. The molecule has 0 radical (unpaired) electrons. The fourth-order valence-corrected chi connectivity index (χ4v) is 5.97. The number of sulfonamides is 1. The zero-order valence-corrected chi connectivity index (χ0v) is 21.5. The van der Waals surface area contributed by atoms with Crippen molar-refractivity contribution in [3.05, 3.63) is 57.5 Å². The van der Waals surface area contributed by atoms with Crippen molar-refractivity contribution < 1.29 is 17.9 Å². The number of amides is 2. The number of nitrogens with one attached hydrogen (secondary N) is 1. The summed E-state index contributed by atoms with van der Waals surface area (Å²) in [5.74, 6) is 0.722. The van der Waals surface area contributed by atoms with Gasteiger partial charge in [-0.25, -0.2) is 17.9 Å². The Morgan fingerprint density at radius 1 is 0.912 bits per heavy atom. The Labute approximate surface area is 215 Å². The van der Waals surface area contributed by atoms with E-state index in [9.17, 15) is 13.2 Å². The molecule has 2 aliphatic heterocycles. The summed E-state index contributed by atoms with van der Waals surface area (Å²) < 4.78 is 33.2. The molecule has 0 aromatic heterocycles. The van der Waals surface area contributed by atoms with Gasteiger partial charge in [0.05, 0.1) is 14.9 Å². The minimum absolute atomic E-state index is 0.0332. The van der Waals surface area contributed by atoms with Gasteiger partial charge in [-0.1, -0.05) is 40.9 Å². The first-order chi connectivity index (χ1) is 16.2. The van der Waals surface area contributed by atoms with Gasteiger partial charge in [0.1, 0.15) is 11.9 Å². The molecule has 0 spiro atoms. The van der Waals surface area contributed by atoms with Crippen molar-refractivity contribution in [1.82, 2.24) is 14.5 Å². The maximum atomic E-state index is 12.6. The molecule has 0 aliphatic carbocycles. The Hall–Kier alpha value is -1.71. The fraction of sp³-hybridized carbons (Fsp3) is 0.435. The van der Waals surface area contributed by atoms with Crippen molar-refractivity contribution in [1.29, 1.82) is 0 Å². The fourth-order valence-electron chi connectivity index (χ4n) is 4.41. The van der Waals surface area contributed by atoms with Gasteiger partial charge in [-0.15, -0.1) is 0 Å². The van der Waals surface area contributed by atoms with Crippen molar-refractivity contribution in [2.24, 2.45) is 0 Å². The predicted molar refractivity (Wildman–Crippen MR) is 133 cm³/mol. The van der Waals surface area contributed by atoms with Gasteiger partial charge in [0.25, 0.3) is 10.0 Å². The molecule has 1 N–H and O–H groups in total. The maximum Gasteiger partial charge on any atom is 0.331 e. The lowest BCUT2D eigenvalue weighted by Crippen LogP contribution is -2.52. The van der Waals surface area contributed by atoms with Crippen LogP contribution in [0.1, 0.15) is 25.7 Å². The summed E-state index contributed by atoms with van der Waals surface area (Å²) in [7, 11) is -3.97. The molecule has 34 heavy (non-hydrogen) atoms. The third-order valence-electron chi connectivity index (χ3n) is 6.27. The summed E-state index contributed by atoms with van der Waals surface area (Å²) in [5.41, 5.74) is 0. The minimum Gasteiger partial charge on any atom is -0.490 e. The number of carbonyl (C=O) groups is 1. The summed E-state index contributed by atoms with van der Waals surface area (Å²) >= 11 is 17.9. The number of hydrogen-bond acceptors (Lipinski definition) is 5. The Kier molecular flexibility index (Phi) is 8.15. The van der Waals surface area contributed by atoms with Crippen LogP contribution in [0.5, 0.6) is 5.75 Å². The van der Waals surface area contributed by atoms with Crippen LogP contribution in [0.15, 0.2) is 47.4 Å². The SMILES string of the molecule is O=C(NS(=O)(=O)c1cccc(Cl)c1)N1CCC(N2CCC(Oc3ccc(Cl)c(Cl)c3)CC2)CC1. The van der Waals surface area contributed by atoms with Gasteiger partial charge >= 0.3 is 6.03 Å². The third kappa shape index (κ3) is 6.29. The highest BCUT2D eigenvalue weighted by Gasteiger charge is 2.31. The highest BCUT2D eigenvalue weighted by molar-refractivity contribution is 7.90. The molecule has 4 rings (SSSR count). The molecule has 0 atom stereocenters. The smallest absolute Gasteiger partial charge is 0.331 e. The molecule has 184 valence electrons. The molecule has 2 heterocycles. The molecule has 7 nitrogen and oxygen atoms in total. The molecule has 2 amide bonds. The average Bonchev–Trinajstić information content (AvgIpc) is 2.82. The van der Waals surface area contributed by atoms with E-state index in [0.717, 1.165) is 44.5 Å². The van der Waals surface area contributed by atoms with E-state index in [4.69, 9.17) is 39.5 Å². The number of hydrogen-bond donors (Lipinski definition) is 1. The minimum atomic E-state index is -3.97. The van der Waals surface area contributed by atoms with Crippen LogP contribution < -0.4 is 9.46 Å². The van der Waals surface area contributed by atoms with Gasteiger partial charge in [0.15, 0.2) is 0 Å². The molecule has 2 fully saturated rings. The van der Waals surface area contributed by atoms with Crippen molar-refractivity contribution >= 4 is 50.9 Å². The van der Waals surface area contributed by atoms with E-state index >= 15 is 0 Å². The highest BCUT2D eigenvalue weighted by atomic mass is 35.5. The van der Waals surface area contributed by atoms with Crippen molar-refractivity contribution in [2.75, 3.05) is 26.2 Å². The van der Waals surface area contributed by atoms with Crippen LogP contribution in [0.3, 0.4) is 0 Å². The van der Waals surface area contributed by atoms with Crippen LogP contribution in [-0.4, -0.2) is 62.6 Å². The number of benzene rings is 2. The average molecular weight is 547 g/mol. The lowest BCUT2D eigenvalue weighted by molar-refractivity contribution is 0.0540. The number of halogens is 3. The number of carbonyl (C=O) groups excluding carboxylic acids is 1. The topological polar surface area (TPSA) is 79.0 Å². The second-order valence-electron chi connectivity index (χ2n) is 8.52. The Morgan fingerprint density at radius 2 is 1.62 bits per heavy atom. The summed E-state index contributed by atoms with van der Waals surface area (Å²) in [6, 6.07) is 10.9. The highest BCUT2D eigenvalue weighted by Crippen LogP contribution is 2.29. The van der Waals surface area contributed by atoms with E-state index < -0.39 is 16.1 Å².